The fourth-order valence-corrected chi connectivity index (χ4v) is 4.04. The molecule has 1 aromatic carbocycles. The molecular weight excluding hydrogens is 382 g/mol. The molecule has 0 amide bonds. The molecule has 0 saturated carbocycles. The predicted octanol–water partition coefficient (Wildman–Crippen LogP) is 3.85. The largest absolute Gasteiger partial charge is 0.490 e. The molecule has 3 aromatic rings. The van der Waals surface area contributed by atoms with Gasteiger partial charge in [0.15, 0.2) is 16.7 Å². The average molecular weight is 404 g/mol. The summed E-state index contributed by atoms with van der Waals surface area (Å²) in [5.41, 5.74) is 13.3. The van der Waals surface area contributed by atoms with E-state index in [0.29, 0.717) is 35.8 Å². The fourth-order valence-electron chi connectivity index (χ4n) is 2.35. The minimum atomic E-state index is 0.363. The van der Waals surface area contributed by atoms with Gasteiger partial charge >= 0.3 is 0 Å². The number of thiazole rings is 1. The van der Waals surface area contributed by atoms with Gasteiger partial charge in [0.25, 0.3) is 0 Å². The van der Waals surface area contributed by atoms with E-state index < -0.39 is 0 Å². The van der Waals surface area contributed by atoms with Gasteiger partial charge in [0.05, 0.1) is 18.9 Å². The predicted molar refractivity (Wildman–Crippen MR) is 110 cm³/mol. The molecule has 0 bridgehead atoms. The topological polar surface area (TPSA) is 109 Å². The van der Waals surface area contributed by atoms with Crippen molar-refractivity contribution in [2.75, 3.05) is 24.7 Å². The highest BCUT2D eigenvalue weighted by Crippen LogP contribution is 2.34. The van der Waals surface area contributed by atoms with Gasteiger partial charge in [-0.25, -0.2) is 15.0 Å². The third kappa shape index (κ3) is 5.01. The summed E-state index contributed by atoms with van der Waals surface area (Å²) in [7, 11) is 0. The number of ether oxygens (including phenoxy) is 2. The highest BCUT2D eigenvalue weighted by Gasteiger charge is 2.11. The van der Waals surface area contributed by atoms with Gasteiger partial charge in [0.2, 0.25) is 0 Å². The van der Waals surface area contributed by atoms with Crippen LogP contribution in [0, 0.1) is 0 Å². The number of anilines is 2. The first kappa shape index (κ1) is 19.2. The van der Waals surface area contributed by atoms with Crippen LogP contribution in [0.4, 0.5) is 11.6 Å². The van der Waals surface area contributed by atoms with E-state index in [9.17, 15) is 0 Å². The standard InChI is InChI=1S/C18H21N5O2S2/c1-3-24-13-6-5-11(7-14(13)25-4-2)17-21-12(9-26-17)10-27-18-22-15(19)8-16(20)23-18/h5-9H,3-4,10H2,1-2H3,(H4,19,20,22,23). The summed E-state index contributed by atoms with van der Waals surface area (Å²) in [6.45, 7) is 5.07. The Morgan fingerprint density at radius 3 is 2.37 bits per heavy atom. The van der Waals surface area contributed by atoms with Gasteiger partial charge in [-0.3, -0.25) is 0 Å². The number of hydrogen-bond acceptors (Lipinski definition) is 9. The number of rotatable bonds is 8. The van der Waals surface area contributed by atoms with Crippen molar-refractivity contribution in [2.24, 2.45) is 0 Å². The molecule has 7 nitrogen and oxygen atoms in total. The van der Waals surface area contributed by atoms with Crippen molar-refractivity contribution in [3.8, 4) is 22.1 Å². The number of aromatic nitrogens is 3. The molecule has 0 aliphatic heterocycles. The molecule has 0 atom stereocenters. The van der Waals surface area contributed by atoms with E-state index in [4.69, 9.17) is 25.9 Å². The number of hydrogen-bond donors (Lipinski definition) is 2. The molecule has 0 spiro atoms. The van der Waals surface area contributed by atoms with Gasteiger partial charge in [-0.05, 0) is 32.0 Å². The van der Waals surface area contributed by atoms with Crippen LogP contribution in [0.5, 0.6) is 11.5 Å². The van der Waals surface area contributed by atoms with Gasteiger partial charge < -0.3 is 20.9 Å². The number of nitrogens with two attached hydrogens (primary N) is 2. The third-order valence-electron chi connectivity index (χ3n) is 3.44. The summed E-state index contributed by atoms with van der Waals surface area (Å²) in [6.07, 6.45) is 0. The zero-order valence-corrected chi connectivity index (χ0v) is 16.8. The second kappa shape index (κ2) is 8.92. The summed E-state index contributed by atoms with van der Waals surface area (Å²) in [5, 5.41) is 3.48. The Labute approximate surface area is 166 Å². The molecule has 0 aliphatic rings. The third-order valence-corrected chi connectivity index (χ3v) is 5.26. The van der Waals surface area contributed by atoms with Crippen LogP contribution < -0.4 is 20.9 Å². The molecule has 0 fully saturated rings. The van der Waals surface area contributed by atoms with Crippen molar-refractivity contribution in [3.63, 3.8) is 0 Å². The lowest BCUT2D eigenvalue weighted by Crippen LogP contribution is -1.99. The van der Waals surface area contributed by atoms with E-state index >= 15 is 0 Å². The fraction of sp³-hybridized carbons (Fsp3) is 0.278. The zero-order chi connectivity index (χ0) is 19.2. The molecule has 2 aromatic heterocycles. The smallest absolute Gasteiger partial charge is 0.191 e. The van der Waals surface area contributed by atoms with E-state index in [1.807, 2.05) is 37.4 Å². The second-order valence-corrected chi connectivity index (χ2v) is 7.26. The van der Waals surface area contributed by atoms with Crippen molar-refractivity contribution in [3.05, 3.63) is 35.3 Å². The minimum absolute atomic E-state index is 0.363. The quantitative estimate of drug-likeness (QED) is 0.431. The monoisotopic (exact) mass is 403 g/mol. The van der Waals surface area contributed by atoms with Crippen LogP contribution in [0.2, 0.25) is 0 Å². The Kier molecular flexibility index (Phi) is 6.36. The average Bonchev–Trinajstić information content (AvgIpc) is 3.10. The molecule has 142 valence electrons. The van der Waals surface area contributed by atoms with Crippen LogP contribution >= 0.6 is 23.1 Å². The number of nitrogens with zero attached hydrogens (tertiary/aromatic N) is 3. The molecule has 4 N–H and O–H groups in total. The molecule has 0 unspecified atom stereocenters. The SMILES string of the molecule is CCOc1ccc(-c2nc(CSc3nc(N)cc(N)n3)cs2)cc1OCC. The first-order valence-corrected chi connectivity index (χ1v) is 10.3. The molecule has 2 heterocycles. The second-order valence-electron chi connectivity index (χ2n) is 5.46. The summed E-state index contributed by atoms with van der Waals surface area (Å²) in [5.74, 6) is 2.83. The molecule has 3 rings (SSSR count). The Morgan fingerprint density at radius 2 is 1.67 bits per heavy atom. The first-order chi connectivity index (χ1) is 13.1. The lowest BCUT2D eigenvalue weighted by atomic mass is 10.2. The highest BCUT2D eigenvalue weighted by atomic mass is 32.2. The van der Waals surface area contributed by atoms with Gasteiger partial charge in [0.1, 0.15) is 16.6 Å². The van der Waals surface area contributed by atoms with Crippen molar-refractivity contribution in [1.29, 1.82) is 0 Å². The van der Waals surface area contributed by atoms with E-state index in [0.717, 1.165) is 27.8 Å². The Morgan fingerprint density at radius 1 is 0.963 bits per heavy atom. The molecule has 0 aliphatic carbocycles. The normalized spacial score (nSPS) is 10.7. The van der Waals surface area contributed by atoms with Crippen molar-refractivity contribution < 1.29 is 9.47 Å². The first-order valence-electron chi connectivity index (χ1n) is 8.46. The van der Waals surface area contributed by atoms with E-state index in [-0.39, 0.29) is 0 Å². The van der Waals surface area contributed by atoms with Crippen molar-refractivity contribution in [1.82, 2.24) is 15.0 Å². The molecule has 9 heteroatoms. The maximum atomic E-state index is 5.70. The highest BCUT2D eigenvalue weighted by molar-refractivity contribution is 7.98. The van der Waals surface area contributed by atoms with Crippen LogP contribution in [0.1, 0.15) is 19.5 Å². The van der Waals surface area contributed by atoms with Crippen LogP contribution in [0.15, 0.2) is 34.8 Å². The summed E-state index contributed by atoms with van der Waals surface area (Å²) < 4.78 is 11.3. The summed E-state index contributed by atoms with van der Waals surface area (Å²) >= 11 is 3.03. The summed E-state index contributed by atoms with van der Waals surface area (Å²) in [4.78, 5) is 13.0. The van der Waals surface area contributed by atoms with Crippen molar-refractivity contribution >= 4 is 34.7 Å². The number of nitrogen functional groups attached to an aromatic ring is 2. The maximum absolute atomic E-state index is 5.70. The zero-order valence-electron chi connectivity index (χ0n) is 15.1. The van der Waals surface area contributed by atoms with Gasteiger partial charge in [-0.15, -0.1) is 11.3 Å². The lowest BCUT2D eigenvalue weighted by Gasteiger charge is -2.11. The van der Waals surface area contributed by atoms with Crippen LogP contribution in [-0.4, -0.2) is 28.2 Å². The number of benzene rings is 1. The van der Waals surface area contributed by atoms with Crippen LogP contribution in [0.25, 0.3) is 10.6 Å². The van der Waals surface area contributed by atoms with Gasteiger partial charge in [0, 0.05) is 22.8 Å². The van der Waals surface area contributed by atoms with Crippen LogP contribution in [-0.2, 0) is 5.75 Å². The molecule has 0 saturated heterocycles. The minimum Gasteiger partial charge on any atom is -0.490 e. The van der Waals surface area contributed by atoms with Gasteiger partial charge in [-0.1, -0.05) is 11.8 Å². The Balaban J connectivity index is 1.74. The van der Waals surface area contributed by atoms with E-state index in [2.05, 4.69) is 9.97 Å². The maximum Gasteiger partial charge on any atom is 0.191 e. The van der Waals surface area contributed by atoms with Crippen LogP contribution in [0.3, 0.4) is 0 Å². The summed E-state index contributed by atoms with van der Waals surface area (Å²) in [6, 6.07) is 7.41. The molecule has 27 heavy (non-hydrogen) atoms. The molecular formula is C18H21N5O2S2. The Hall–Kier alpha value is -2.52. The Bertz CT molecular complexity index is 896. The van der Waals surface area contributed by atoms with Gasteiger partial charge in [-0.2, -0.15) is 0 Å². The molecule has 0 radical (unpaired) electrons. The van der Waals surface area contributed by atoms with E-state index in [1.165, 1.54) is 17.8 Å². The number of thioether (sulfide) groups is 1. The van der Waals surface area contributed by atoms with E-state index in [1.54, 1.807) is 11.3 Å². The lowest BCUT2D eigenvalue weighted by molar-refractivity contribution is 0.288. The van der Waals surface area contributed by atoms with Crippen molar-refractivity contribution in [2.45, 2.75) is 24.8 Å².